The highest BCUT2D eigenvalue weighted by Gasteiger charge is 2.16. The molecule has 1 rings (SSSR count). The fourth-order valence-electron chi connectivity index (χ4n) is 2.01. The number of esters is 1. The first-order chi connectivity index (χ1) is 9.21. The minimum Gasteiger partial charge on any atom is -0.466 e. The highest BCUT2D eigenvalue weighted by Crippen LogP contribution is 2.19. The van der Waals surface area contributed by atoms with E-state index in [1.165, 1.54) is 0 Å². The van der Waals surface area contributed by atoms with Crippen LogP contribution in [0.15, 0.2) is 24.3 Å². The van der Waals surface area contributed by atoms with Crippen LogP contribution in [0.4, 0.5) is 0 Å². The Balaban J connectivity index is 2.79. The van der Waals surface area contributed by atoms with Gasteiger partial charge in [-0.25, -0.2) is 0 Å². The molecule has 1 unspecified atom stereocenters. The van der Waals surface area contributed by atoms with Gasteiger partial charge in [0.2, 0.25) is 0 Å². The third-order valence-electron chi connectivity index (χ3n) is 2.79. The van der Waals surface area contributed by atoms with E-state index in [2.05, 4.69) is 11.4 Å². The SMILES string of the molecule is CCNC(CC(=O)OCC)c1cccc(COC)c1. The first-order valence-corrected chi connectivity index (χ1v) is 6.68. The van der Waals surface area contributed by atoms with Gasteiger partial charge >= 0.3 is 5.97 Å². The molecule has 1 atom stereocenters. The third kappa shape index (κ3) is 5.41. The molecule has 0 amide bonds. The Kier molecular flexibility index (Phi) is 7.15. The zero-order valence-electron chi connectivity index (χ0n) is 11.9. The molecule has 0 fully saturated rings. The van der Waals surface area contributed by atoms with Crippen molar-refractivity contribution in [2.45, 2.75) is 32.9 Å². The van der Waals surface area contributed by atoms with E-state index in [1.807, 2.05) is 32.0 Å². The van der Waals surface area contributed by atoms with E-state index in [0.29, 0.717) is 19.6 Å². The van der Waals surface area contributed by atoms with Crippen LogP contribution >= 0.6 is 0 Å². The van der Waals surface area contributed by atoms with E-state index in [9.17, 15) is 4.79 Å². The maximum absolute atomic E-state index is 11.6. The Bertz CT molecular complexity index is 393. The van der Waals surface area contributed by atoms with Crippen LogP contribution in [0.25, 0.3) is 0 Å². The monoisotopic (exact) mass is 265 g/mol. The van der Waals surface area contributed by atoms with Gasteiger partial charge in [0.1, 0.15) is 0 Å². The van der Waals surface area contributed by atoms with Gasteiger partial charge in [0, 0.05) is 13.2 Å². The molecule has 0 spiro atoms. The van der Waals surface area contributed by atoms with Crippen LogP contribution in [-0.4, -0.2) is 26.2 Å². The second-order valence-corrected chi connectivity index (χ2v) is 4.30. The van der Waals surface area contributed by atoms with E-state index >= 15 is 0 Å². The van der Waals surface area contributed by atoms with Gasteiger partial charge in [-0.15, -0.1) is 0 Å². The van der Waals surface area contributed by atoms with E-state index in [0.717, 1.165) is 17.7 Å². The molecule has 0 aromatic heterocycles. The van der Waals surface area contributed by atoms with Crippen molar-refractivity contribution in [2.24, 2.45) is 0 Å². The van der Waals surface area contributed by atoms with Crippen LogP contribution in [0, 0.1) is 0 Å². The number of methoxy groups -OCH3 is 1. The first-order valence-electron chi connectivity index (χ1n) is 6.68. The number of ether oxygens (including phenoxy) is 2. The molecule has 4 nitrogen and oxygen atoms in total. The molecule has 0 aliphatic rings. The molecule has 0 saturated heterocycles. The maximum Gasteiger partial charge on any atom is 0.307 e. The number of carbonyl (C=O) groups is 1. The summed E-state index contributed by atoms with van der Waals surface area (Å²) in [6, 6.07) is 8.07. The number of benzene rings is 1. The van der Waals surface area contributed by atoms with Gasteiger partial charge in [0.25, 0.3) is 0 Å². The minimum atomic E-state index is -0.175. The molecule has 1 N–H and O–H groups in total. The molecule has 0 bridgehead atoms. The number of hydrogen-bond donors (Lipinski definition) is 1. The largest absolute Gasteiger partial charge is 0.466 e. The summed E-state index contributed by atoms with van der Waals surface area (Å²) in [6.45, 7) is 5.64. The zero-order chi connectivity index (χ0) is 14.1. The normalized spacial score (nSPS) is 12.2. The number of hydrogen-bond acceptors (Lipinski definition) is 4. The van der Waals surface area contributed by atoms with E-state index in [1.54, 1.807) is 7.11 Å². The third-order valence-corrected chi connectivity index (χ3v) is 2.79. The summed E-state index contributed by atoms with van der Waals surface area (Å²) in [6.07, 6.45) is 0.345. The van der Waals surface area contributed by atoms with Crippen molar-refractivity contribution in [2.75, 3.05) is 20.3 Å². The van der Waals surface area contributed by atoms with E-state index in [-0.39, 0.29) is 12.0 Å². The highest BCUT2D eigenvalue weighted by molar-refractivity contribution is 5.70. The first kappa shape index (κ1) is 15.7. The van der Waals surface area contributed by atoms with Crippen molar-refractivity contribution in [3.8, 4) is 0 Å². The molecule has 106 valence electrons. The van der Waals surface area contributed by atoms with Crippen molar-refractivity contribution in [3.63, 3.8) is 0 Å². The number of carbonyl (C=O) groups excluding carboxylic acids is 1. The van der Waals surface area contributed by atoms with Gasteiger partial charge in [0.15, 0.2) is 0 Å². The van der Waals surface area contributed by atoms with Crippen LogP contribution in [0.1, 0.15) is 37.4 Å². The van der Waals surface area contributed by atoms with Crippen molar-refractivity contribution in [1.29, 1.82) is 0 Å². The van der Waals surface area contributed by atoms with E-state index < -0.39 is 0 Å². The van der Waals surface area contributed by atoms with Crippen molar-refractivity contribution in [1.82, 2.24) is 5.32 Å². The summed E-state index contributed by atoms with van der Waals surface area (Å²) in [5, 5.41) is 3.32. The van der Waals surface area contributed by atoms with Crippen LogP contribution < -0.4 is 5.32 Å². The Labute approximate surface area is 115 Å². The summed E-state index contributed by atoms with van der Waals surface area (Å²) in [7, 11) is 1.67. The van der Waals surface area contributed by atoms with Crippen LogP contribution in [-0.2, 0) is 20.9 Å². The Morgan fingerprint density at radius 3 is 2.79 bits per heavy atom. The lowest BCUT2D eigenvalue weighted by molar-refractivity contribution is -0.143. The van der Waals surface area contributed by atoms with Gasteiger partial charge in [-0.1, -0.05) is 31.2 Å². The minimum absolute atomic E-state index is 0.0131. The predicted molar refractivity (Wildman–Crippen MR) is 74.8 cm³/mol. The summed E-state index contributed by atoms with van der Waals surface area (Å²) in [4.78, 5) is 11.6. The molecule has 4 heteroatoms. The summed E-state index contributed by atoms with van der Waals surface area (Å²) >= 11 is 0. The molecule has 0 aliphatic heterocycles. The van der Waals surface area contributed by atoms with Gasteiger partial charge in [-0.3, -0.25) is 4.79 Å². The fraction of sp³-hybridized carbons (Fsp3) is 0.533. The van der Waals surface area contributed by atoms with Crippen LogP contribution in [0.5, 0.6) is 0 Å². The van der Waals surface area contributed by atoms with Gasteiger partial charge in [-0.2, -0.15) is 0 Å². The Hall–Kier alpha value is -1.39. The molecular formula is C15H23NO3. The zero-order valence-corrected chi connectivity index (χ0v) is 11.9. The molecule has 0 heterocycles. The molecule has 1 aromatic rings. The van der Waals surface area contributed by atoms with Gasteiger partial charge in [0.05, 0.1) is 19.6 Å². The van der Waals surface area contributed by atoms with Crippen LogP contribution in [0.2, 0.25) is 0 Å². The maximum atomic E-state index is 11.6. The molecule has 0 aliphatic carbocycles. The lowest BCUT2D eigenvalue weighted by Gasteiger charge is -2.18. The van der Waals surface area contributed by atoms with Gasteiger partial charge < -0.3 is 14.8 Å². The topological polar surface area (TPSA) is 47.6 Å². The summed E-state index contributed by atoms with van der Waals surface area (Å²) in [5.41, 5.74) is 2.19. The van der Waals surface area contributed by atoms with Crippen LogP contribution in [0.3, 0.4) is 0 Å². The van der Waals surface area contributed by atoms with E-state index in [4.69, 9.17) is 9.47 Å². The molecular weight excluding hydrogens is 242 g/mol. The van der Waals surface area contributed by atoms with Crippen molar-refractivity contribution in [3.05, 3.63) is 35.4 Å². The lowest BCUT2D eigenvalue weighted by Crippen LogP contribution is -2.24. The standard InChI is InChI=1S/C15H23NO3/c1-4-16-14(10-15(17)19-5-2)13-8-6-7-12(9-13)11-18-3/h6-9,14,16H,4-5,10-11H2,1-3H3. The Morgan fingerprint density at radius 2 is 2.16 bits per heavy atom. The average molecular weight is 265 g/mol. The predicted octanol–water partition coefficient (Wildman–Crippen LogP) is 2.44. The Morgan fingerprint density at radius 1 is 1.37 bits per heavy atom. The second-order valence-electron chi connectivity index (χ2n) is 4.30. The average Bonchev–Trinajstić information content (AvgIpc) is 2.39. The highest BCUT2D eigenvalue weighted by atomic mass is 16.5. The molecule has 0 saturated carbocycles. The van der Waals surface area contributed by atoms with Gasteiger partial charge in [-0.05, 0) is 24.6 Å². The summed E-state index contributed by atoms with van der Waals surface area (Å²) in [5.74, 6) is -0.175. The van der Waals surface area contributed by atoms with Crippen molar-refractivity contribution >= 4 is 5.97 Å². The number of rotatable bonds is 8. The lowest BCUT2D eigenvalue weighted by atomic mass is 10.0. The van der Waals surface area contributed by atoms with Crippen molar-refractivity contribution < 1.29 is 14.3 Å². The second kappa shape index (κ2) is 8.67. The smallest absolute Gasteiger partial charge is 0.307 e. The fourth-order valence-corrected chi connectivity index (χ4v) is 2.01. The molecule has 19 heavy (non-hydrogen) atoms. The molecule has 1 aromatic carbocycles. The summed E-state index contributed by atoms with van der Waals surface area (Å²) < 4.78 is 10.1. The number of nitrogens with one attached hydrogen (secondary N) is 1. The molecule has 0 radical (unpaired) electrons. The quantitative estimate of drug-likeness (QED) is 0.733.